The number of aryl methyl sites for hydroxylation is 3. The van der Waals surface area contributed by atoms with Crippen LogP contribution in [0, 0.1) is 19.8 Å². The molecule has 2 heterocycles. The third-order valence-electron chi connectivity index (χ3n) is 5.27. The molecule has 0 saturated carbocycles. The molecular formula is C21H23N3O. The number of benzene rings is 1. The van der Waals surface area contributed by atoms with Gasteiger partial charge in [0.1, 0.15) is 6.33 Å². The van der Waals surface area contributed by atoms with Gasteiger partial charge in [0.2, 0.25) is 0 Å². The van der Waals surface area contributed by atoms with Gasteiger partial charge < -0.3 is 0 Å². The Bertz CT molecular complexity index is 1020. The van der Waals surface area contributed by atoms with Gasteiger partial charge in [-0.15, -0.1) is 0 Å². The average molecular weight is 333 g/mol. The van der Waals surface area contributed by atoms with Crippen molar-refractivity contribution in [1.29, 1.82) is 0 Å². The summed E-state index contributed by atoms with van der Waals surface area (Å²) in [6.07, 6.45) is 4.79. The van der Waals surface area contributed by atoms with E-state index in [1.165, 1.54) is 16.7 Å². The third-order valence-corrected chi connectivity index (χ3v) is 5.27. The van der Waals surface area contributed by atoms with E-state index in [1.54, 1.807) is 10.9 Å². The van der Waals surface area contributed by atoms with Crippen LogP contribution >= 0.6 is 0 Å². The molecule has 0 fully saturated rings. The Labute approximate surface area is 147 Å². The van der Waals surface area contributed by atoms with Crippen LogP contribution in [0.1, 0.15) is 41.3 Å². The summed E-state index contributed by atoms with van der Waals surface area (Å²) in [7, 11) is 0. The average Bonchev–Trinajstić information content (AvgIpc) is 2.59. The number of rotatable bonds is 2. The third kappa shape index (κ3) is 2.97. The first-order valence-electron chi connectivity index (χ1n) is 8.95. The Morgan fingerprint density at radius 3 is 2.92 bits per heavy atom. The number of nitrogens with zero attached hydrogens (tertiary/aromatic N) is 3. The Hall–Kier alpha value is -2.49. The maximum Gasteiger partial charge on any atom is 0.263 e. The lowest BCUT2D eigenvalue weighted by atomic mass is 9.87. The first-order chi connectivity index (χ1) is 12.0. The summed E-state index contributed by atoms with van der Waals surface area (Å²) in [5.41, 5.74) is 6.46. The molecule has 0 bridgehead atoms. The van der Waals surface area contributed by atoms with Crippen LogP contribution < -0.4 is 5.56 Å². The number of aromatic nitrogens is 3. The van der Waals surface area contributed by atoms with E-state index in [9.17, 15) is 4.79 Å². The smallest absolute Gasteiger partial charge is 0.263 e. The van der Waals surface area contributed by atoms with Crippen molar-refractivity contribution in [1.82, 2.24) is 14.5 Å². The molecule has 0 aliphatic heterocycles. The second-order valence-electron chi connectivity index (χ2n) is 7.42. The second kappa shape index (κ2) is 6.10. The van der Waals surface area contributed by atoms with Crippen molar-refractivity contribution >= 4 is 11.0 Å². The van der Waals surface area contributed by atoms with E-state index >= 15 is 0 Å². The van der Waals surface area contributed by atoms with Crippen LogP contribution in [0.25, 0.3) is 11.0 Å². The Balaban J connectivity index is 1.79. The van der Waals surface area contributed by atoms with E-state index in [4.69, 9.17) is 0 Å². The summed E-state index contributed by atoms with van der Waals surface area (Å²) < 4.78 is 1.70. The summed E-state index contributed by atoms with van der Waals surface area (Å²) in [6.45, 7) is 6.95. The van der Waals surface area contributed by atoms with Crippen LogP contribution in [-0.2, 0) is 19.4 Å². The van der Waals surface area contributed by atoms with Gasteiger partial charge >= 0.3 is 0 Å². The topological polar surface area (TPSA) is 47.8 Å². The molecule has 1 aromatic carbocycles. The quantitative estimate of drug-likeness (QED) is 0.720. The SMILES string of the molecule is Cc1ccc(C)c(Cn2cnc3nc4c(cc3c2=O)CC(C)CC4)c1. The van der Waals surface area contributed by atoms with E-state index in [0.29, 0.717) is 23.5 Å². The van der Waals surface area contributed by atoms with Crippen LogP contribution in [0.4, 0.5) is 0 Å². The molecule has 1 unspecified atom stereocenters. The molecule has 1 aliphatic rings. The van der Waals surface area contributed by atoms with Gasteiger partial charge in [0.05, 0.1) is 11.9 Å². The van der Waals surface area contributed by atoms with Crippen LogP contribution in [-0.4, -0.2) is 14.5 Å². The van der Waals surface area contributed by atoms with Crippen molar-refractivity contribution in [3.63, 3.8) is 0 Å². The highest BCUT2D eigenvalue weighted by molar-refractivity contribution is 5.74. The molecule has 0 radical (unpaired) electrons. The summed E-state index contributed by atoms with van der Waals surface area (Å²) in [6, 6.07) is 8.36. The van der Waals surface area contributed by atoms with Crippen LogP contribution in [0.2, 0.25) is 0 Å². The van der Waals surface area contributed by atoms with Gasteiger partial charge in [0.25, 0.3) is 5.56 Å². The lowest BCUT2D eigenvalue weighted by Crippen LogP contribution is -2.23. The molecule has 0 spiro atoms. The maximum absolute atomic E-state index is 13.0. The Kier molecular flexibility index (Phi) is 3.91. The van der Waals surface area contributed by atoms with E-state index in [1.807, 2.05) is 6.07 Å². The summed E-state index contributed by atoms with van der Waals surface area (Å²) in [4.78, 5) is 22.1. The molecule has 3 aromatic rings. The van der Waals surface area contributed by atoms with Crippen molar-refractivity contribution in [2.45, 2.75) is 46.6 Å². The molecule has 0 amide bonds. The highest BCUT2D eigenvalue weighted by Gasteiger charge is 2.18. The van der Waals surface area contributed by atoms with Crippen molar-refractivity contribution in [3.05, 3.63) is 68.9 Å². The molecule has 128 valence electrons. The highest BCUT2D eigenvalue weighted by Crippen LogP contribution is 2.25. The first-order valence-corrected chi connectivity index (χ1v) is 8.95. The molecule has 2 aromatic heterocycles. The van der Waals surface area contributed by atoms with Crippen LogP contribution in [0.3, 0.4) is 0 Å². The van der Waals surface area contributed by atoms with Gasteiger partial charge in [0.15, 0.2) is 5.65 Å². The molecular weight excluding hydrogens is 310 g/mol. The van der Waals surface area contributed by atoms with Crippen molar-refractivity contribution in [2.75, 3.05) is 0 Å². The number of pyridine rings is 1. The molecule has 1 aliphatic carbocycles. The van der Waals surface area contributed by atoms with Gasteiger partial charge in [-0.05, 0) is 61.8 Å². The summed E-state index contributed by atoms with van der Waals surface area (Å²) >= 11 is 0. The largest absolute Gasteiger partial charge is 0.294 e. The second-order valence-corrected chi connectivity index (χ2v) is 7.42. The van der Waals surface area contributed by atoms with Gasteiger partial charge in [0, 0.05) is 5.69 Å². The van der Waals surface area contributed by atoms with Gasteiger partial charge in [-0.3, -0.25) is 9.36 Å². The van der Waals surface area contributed by atoms with Crippen molar-refractivity contribution in [2.24, 2.45) is 5.92 Å². The zero-order valence-corrected chi connectivity index (χ0v) is 15.0. The van der Waals surface area contributed by atoms with E-state index < -0.39 is 0 Å². The van der Waals surface area contributed by atoms with Gasteiger partial charge in [-0.25, -0.2) is 9.97 Å². The zero-order valence-electron chi connectivity index (χ0n) is 15.0. The standard InChI is InChI=1S/C21H23N3O/c1-13-4-6-15(3)17(9-13)11-24-12-22-20-18(21(24)25)10-16-8-14(2)5-7-19(16)23-20/h4,6,9-10,12,14H,5,7-8,11H2,1-3H3. The zero-order chi connectivity index (χ0) is 17.6. The molecule has 25 heavy (non-hydrogen) atoms. The summed E-state index contributed by atoms with van der Waals surface area (Å²) in [5, 5.41) is 0.639. The molecule has 4 heteroatoms. The fourth-order valence-corrected chi connectivity index (χ4v) is 3.69. The van der Waals surface area contributed by atoms with Gasteiger partial charge in [-0.2, -0.15) is 0 Å². The van der Waals surface area contributed by atoms with Crippen LogP contribution in [0.15, 0.2) is 35.4 Å². The minimum atomic E-state index is -0.000525. The molecule has 1 atom stereocenters. The van der Waals surface area contributed by atoms with E-state index in [-0.39, 0.29) is 5.56 Å². The molecule has 0 N–H and O–H groups in total. The molecule has 0 saturated heterocycles. The van der Waals surface area contributed by atoms with E-state index in [2.05, 4.69) is 48.9 Å². The van der Waals surface area contributed by atoms with Crippen molar-refractivity contribution in [3.8, 4) is 0 Å². The normalized spacial score (nSPS) is 16.8. The Morgan fingerprint density at radius 1 is 1.24 bits per heavy atom. The first kappa shape index (κ1) is 16.0. The fraction of sp³-hybridized carbons (Fsp3) is 0.381. The maximum atomic E-state index is 13.0. The number of fused-ring (bicyclic) bond motifs is 2. The monoisotopic (exact) mass is 333 g/mol. The predicted octanol–water partition coefficient (Wildman–Crippen LogP) is 3.58. The number of hydrogen-bond acceptors (Lipinski definition) is 3. The Morgan fingerprint density at radius 2 is 2.08 bits per heavy atom. The predicted molar refractivity (Wildman–Crippen MR) is 100 cm³/mol. The lowest BCUT2D eigenvalue weighted by Gasteiger charge is -2.20. The lowest BCUT2D eigenvalue weighted by molar-refractivity contribution is 0.495. The van der Waals surface area contributed by atoms with E-state index in [0.717, 1.165) is 30.5 Å². The van der Waals surface area contributed by atoms with Crippen LogP contribution in [0.5, 0.6) is 0 Å². The fourth-order valence-electron chi connectivity index (χ4n) is 3.69. The minimum absolute atomic E-state index is 0.000525. The molecule has 4 nitrogen and oxygen atoms in total. The van der Waals surface area contributed by atoms with Crippen molar-refractivity contribution < 1.29 is 0 Å². The minimum Gasteiger partial charge on any atom is -0.294 e. The van der Waals surface area contributed by atoms with Gasteiger partial charge in [-0.1, -0.05) is 30.7 Å². The summed E-state index contributed by atoms with van der Waals surface area (Å²) in [5.74, 6) is 0.653. The highest BCUT2D eigenvalue weighted by atomic mass is 16.1. The number of hydrogen-bond donors (Lipinski definition) is 0. The molecule has 4 rings (SSSR count).